The molecule has 2 nitrogen and oxygen atoms in total. The fraction of sp³-hybridized carbons (Fsp3) is 0.211. The minimum atomic E-state index is 0.715. The number of pyridine rings is 1. The van der Waals surface area contributed by atoms with Gasteiger partial charge in [0.2, 0.25) is 0 Å². The molecule has 2 heteroatoms. The largest absolute Gasteiger partial charge is 0.314 e. The third kappa shape index (κ3) is 2.62. The molecule has 0 saturated heterocycles. The molecule has 0 radical (unpaired) electrons. The van der Waals surface area contributed by atoms with Crippen LogP contribution in [0.1, 0.15) is 35.8 Å². The molecular weight excluding hydrogens is 258 g/mol. The standard InChI is InChI=1S/C19H19NO/c1-2-3-6-15-8-10-16(11-9-15)18-13-17-7-4-5-12-20(17)19(18)14-21/h4-5,7-14H,2-3,6H2,1H3. The van der Waals surface area contributed by atoms with Gasteiger partial charge in [-0.2, -0.15) is 0 Å². The molecule has 0 unspecified atom stereocenters. The number of fused-ring (bicyclic) bond motifs is 1. The zero-order valence-electron chi connectivity index (χ0n) is 12.3. The van der Waals surface area contributed by atoms with E-state index < -0.39 is 0 Å². The van der Waals surface area contributed by atoms with Crippen molar-refractivity contribution in [1.82, 2.24) is 4.40 Å². The smallest absolute Gasteiger partial charge is 0.167 e. The van der Waals surface area contributed by atoms with Crippen molar-refractivity contribution in [3.8, 4) is 11.1 Å². The van der Waals surface area contributed by atoms with Crippen LogP contribution in [0.2, 0.25) is 0 Å². The molecule has 0 aliphatic rings. The summed E-state index contributed by atoms with van der Waals surface area (Å²) in [5, 5.41) is 0. The summed E-state index contributed by atoms with van der Waals surface area (Å²) < 4.78 is 1.94. The third-order valence-corrected chi connectivity index (χ3v) is 3.91. The molecular formula is C19H19NO. The lowest BCUT2D eigenvalue weighted by atomic mass is 10.0. The minimum absolute atomic E-state index is 0.715. The lowest BCUT2D eigenvalue weighted by molar-refractivity contribution is 0.111. The molecule has 3 rings (SSSR count). The van der Waals surface area contributed by atoms with Crippen molar-refractivity contribution < 1.29 is 4.79 Å². The molecule has 0 saturated carbocycles. The average Bonchev–Trinajstić information content (AvgIpc) is 2.92. The Morgan fingerprint density at radius 3 is 2.62 bits per heavy atom. The first-order chi connectivity index (χ1) is 10.3. The lowest BCUT2D eigenvalue weighted by Crippen LogP contribution is -1.91. The van der Waals surface area contributed by atoms with Gasteiger partial charge in [-0.15, -0.1) is 0 Å². The summed E-state index contributed by atoms with van der Waals surface area (Å²) in [5.74, 6) is 0. The van der Waals surface area contributed by atoms with Gasteiger partial charge in [0.05, 0.1) is 5.69 Å². The van der Waals surface area contributed by atoms with E-state index in [0.717, 1.165) is 29.4 Å². The zero-order chi connectivity index (χ0) is 14.7. The Kier molecular flexibility index (Phi) is 3.87. The van der Waals surface area contributed by atoms with Crippen molar-refractivity contribution in [1.29, 1.82) is 0 Å². The second kappa shape index (κ2) is 5.96. The van der Waals surface area contributed by atoms with Gasteiger partial charge in [-0.05, 0) is 42.2 Å². The van der Waals surface area contributed by atoms with E-state index in [1.807, 2.05) is 28.8 Å². The number of carbonyl (C=O) groups is 1. The van der Waals surface area contributed by atoms with E-state index in [-0.39, 0.29) is 0 Å². The van der Waals surface area contributed by atoms with Gasteiger partial charge in [0, 0.05) is 17.3 Å². The molecule has 0 aliphatic carbocycles. The normalized spacial score (nSPS) is 10.9. The summed E-state index contributed by atoms with van der Waals surface area (Å²) in [6.45, 7) is 2.21. The maximum atomic E-state index is 11.5. The SMILES string of the molecule is CCCCc1ccc(-c2cc3ccccn3c2C=O)cc1. The van der Waals surface area contributed by atoms with Crippen molar-refractivity contribution in [2.45, 2.75) is 26.2 Å². The molecule has 0 aliphatic heterocycles. The predicted octanol–water partition coefficient (Wildman–Crippen LogP) is 4.76. The first-order valence-corrected chi connectivity index (χ1v) is 7.48. The maximum absolute atomic E-state index is 11.5. The third-order valence-electron chi connectivity index (χ3n) is 3.91. The van der Waals surface area contributed by atoms with Crippen LogP contribution in [0.3, 0.4) is 0 Å². The quantitative estimate of drug-likeness (QED) is 0.616. The van der Waals surface area contributed by atoms with Gasteiger partial charge in [-0.3, -0.25) is 4.79 Å². The number of hydrogen-bond donors (Lipinski definition) is 0. The van der Waals surface area contributed by atoms with E-state index in [4.69, 9.17) is 0 Å². The highest BCUT2D eigenvalue weighted by Crippen LogP contribution is 2.27. The topological polar surface area (TPSA) is 21.5 Å². The van der Waals surface area contributed by atoms with Crippen LogP contribution in [-0.4, -0.2) is 10.7 Å². The van der Waals surface area contributed by atoms with Crippen LogP contribution in [0.5, 0.6) is 0 Å². The van der Waals surface area contributed by atoms with Crippen LogP contribution in [0.25, 0.3) is 16.6 Å². The molecule has 2 heterocycles. The Balaban J connectivity index is 2.01. The highest BCUT2D eigenvalue weighted by molar-refractivity contribution is 5.89. The zero-order valence-corrected chi connectivity index (χ0v) is 12.3. The molecule has 0 spiro atoms. The summed E-state index contributed by atoms with van der Waals surface area (Å²) in [4.78, 5) is 11.5. The van der Waals surface area contributed by atoms with Crippen molar-refractivity contribution in [3.63, 3.8) is 0 Å². The number of benzene rings is 1. The first-order valence-electron chi connectivity index (χ1n) is 7.48. The molecule has 0 N–H and O–H groups in total. The van der Waals surface area contributed by atoms with Crippen LogP contribution in [0, 0.1) is 0 Å². The summed E-state index contributed by atoms with van der Waals surface area (Å²) in [6, 6.07) is 16.6. The van der Waals surface area contributed by atoms with Gasteiger partial charge in [0.25, 0.3) is 0 Å². The number of aromatic nitrogens is 1. The molecule has 3 aromatic rings. The summed E-state index contributed by atoms with van der Waals surface area (Å²) in [6.07, 6.45) is 6.41. The Labute approximate surface area is 125 Å². The number of carbonyl (C=O) groups excluding carboxylic acids is 1. The number of rotatable bonds is 5. The molecule has 1 aromatic carbocycles. The van der Waals surface area contributed by atoms with E-state index in [9.17, 15) is 4.79 Å². The van der Waals surface area contributed by atoms with Crippen molar-refractivity contribution in [2.75, 3.05) is 0 Å². The average molecular weight is 277 g/mol. The molecule has 2 aromatic heterocycles. The Hall–Kier alpha value is -2.35. The van der Waals surface area contributed by atoms with Crippen LogP contribution in [0.4, 0.5) is 0 Å². The summed E-state index contributed by atoms with van der Waals surface area (Å²) in [7, 11) is 0. The molecule has 0 bridgehead atoms. The molecule has 0 fully saturated rings. The van der Waals surface area contributed by atoms with Crippen molar-refractivity contribution >= 4 is 11.8 Å². The van der Waals surface area contributed by atoms with Gasteiger partial charge in [-0.25, -0.2) is 0 Å². The minimum Gasteiger partial charge on any atom is -0.314 e. The molecule has 0 atom stereocenters. The van der Waals surface area contributed by atoms with Gasteiger partial charge < -0.3 is 4.40 Å². The Morgan fingerprint density at radius 1 is 1.10 bits per heavy atom. The second-order valence-electron chi connectivity index (χ2n) is 5.36. The van der Waals surface area contributed by atoms with Crippen molar-refractivity contribution in [2.24, 2.45) is 0 Å². The fourth-order valence-electron chi connectivity index (χ4n) is 2.73. The fourth-order valence-corrected chi connectivity index (χ4v) is 2.73. The van der Waals surface area contributed by atoms with Gasteiger partial charge in [0.1, 0.15) is 0 Å². The Bertz CT molecular complexity index is 753. The number of nitrogens with zero attached hydrogens (tertiary/aromatic N) is 1. The van der Waals surface area contributed by atoms with Crippen LogP contribution < -0.4 is 0 Å². The summed E-state index contributed by atoms with van der Waals surface area (Å²) in [5.41, 5.74) is 5.22. The predicted molar refractivity (Wildman–Crippen MR) is 86.8 cm³/mol. The van der Waals surface area contributed by atoms with Crippen LogP contribution >= 0.6 is 0 Å². The number of hydrogen-bond acceptors (Lipinski definition) is 1. The van der Waals surface area contributed by atoms with Gasteiger partial charge >= 0.3 is 0 Å². The Morgan fingerprint density at radius 2 is 1.90 bits per heavy atom. The highest BCUT2D eigenvalue weighted by Gasteiger charge is 2.10. The highest BCUT2D eigenvalue weighted by atomic mass is 16.1. The van der Waals surface area contributed by atoms with E-state index in [0.29, 0.717) is 5.69 Å². The van der Waals surface area contributed by atoms with Gasteiger partial charge in [0.15, 0.2) is 6.29 Å². The second-order valence-corrected chi connectivity index (χ2v) is 5.36. The van der Waals surface area contributed by atoms with Gasteiger partial charge in [-0.1, -0.05) is 43.7 Å². The molecule has 106 valence electrons. The summed E-state index contributed by atoms with van der Waals surface area (Å²) >= 11 is 0. The number of aldehydes is 1. The number of aryl methyl sites for hydroxylation is 1. The maximum Gasteiger partial charge on any atom is 0.167 e. The molecule has 0 amide bonds. The van der Waals surface area contributed by atoms with E-state index in [1.165, 1.54) is 18.4 Å². The van der Waals surface area contributed by atoms with E-state index in [2.05, 4.69) is 37.3 Å². The number of unbranched alkanes of at least 4 members (excludes halogenated alkanes) is 1. The van der Waals surface area contributed by atoms with Crippen LogP contribution in [0.15, 0.2) is 54.7 Å². The van der Waals surface area contributed by atoms with E-state index in [1.54, 1.807) is 0 Å². The van der Waals surface area contributed by atoms with E-state index >= 15 is 0 Å². The first kappa shape index (κ1) is 13.6. The lowest BCUT2D eigenvalue weighted by Gasteiger charge is -2.03. The monoisotopic (exact) mass is 277 g/mol. The molecule has 21 heavy (non-hydrogen) atoms. The van der Waals surface area contributed by atoms with Crippen molar-refractivity contribution in [3.05, 3.63) is 66.0 Å². The van der Waals surface area contributed by atoms with Crippen LogP contribution in [-0.2, 0) is 6.42 Å².